The molecule has 9 heteroatoms. The van der Waals surface area contributed by atoms with E-state index < -0.39 is 23.3 Å². The number of methoxy groups -OCH3 is 1. The van der Waals surface area contributed by atoms with E-state index in [0.717, 1.165) is 42.4 Å². The van der Waals surface area contributed by atoms with Gasteiger partial charge in [0.1, 0.15) is 5.75 Å². The monoisotopic (exact) mass is 396 g/mol. The number of aryl methyl sites for hydroxylation is 1. The number of hydrogen-bond donors (Lipinski definition) is 1. The topological polar surface area (TPSA) is 59.4 Å². The number of likely N-dealkylation sites (tertiary alicyclic amines) is 1. The fraction of sp³-hybridized carbons (Fsp3) is 0.474. The molecule has 1 aromatic heterocycles. The van der Waals surface area contributed by atoms with E-state index in [2.05, 4.69) is 15.3 Å². The van der Waals surface area contributed by atoms with Crippen molar-refractivity contribution in [1.29, 1.82) is 0 Å². The van der Waals surface area contributed by atoms with Crippen LogP contribution in [-0.2, 0) is 13.2 Å². The zero-order chi connectivity index (χ0) is 20.3. The zero-order valence-corrected chi connectivity index (χ0v) is 15.8. The Labute approximate surface area is 161 Å². The molecule has 2 heterocycles. The van der Waals surface area contributed by atoms with Crippen molar-refractivity contribution >= 4 is 5.91 Å². The van der Waals surface area contributed by atoms with E-state index in [-0.39, 0.29) is 12.6 Å². The normalized spacial score (nSPS) is 16.2. The minimum atomic E-state index is -4.69. The molecule has 1 N–H and O–H groups in total. The molecule has 6 nitrogen and oxygen atoms in total. The highest BCUT2D eigenvalue weighted by atomic mass is 19.4. The molecule has 1 aromatic carbocycles. The maximum atomic E-state index is 13.1. The predicted molar refractivity (Wildman–Crippen MR) is 97.1 cm³/mol. The van der Waals surface area contributed by atoms with E-state index in [1.165, 1.54) is 7.05 Å². The molecule has 0 spiro atoms. The Morgan fingerprint density at radius 3 is 2.61 bits per heavy atom. The molecule has 2 aromatic rings. The van der Waals surface area contributed by atoms with Crippen molar-refractivity contribution in [3.8, 4) is 5.75 Å². The molecule has 28 heavy (non-hydrogen) atoms. The van der Waals surface area contributed by atoms with Gasteiger partial charge in [-0.05, 0) is 32.0 Å². The first kappa shape index (κ1) is 20.2. The third-order valence-corrected chi connectivity index (χ3v) is 4.88. The van der Waals surface area contributed by atoms with Gasteiger partial charge >= 0.3 is 6.18 Å². The minimum absolute atomic E-state index is 0.172. The molecule has 1 amide bonds. The van der Waals surface area contributed by atoms with Gasteiger partial charge < -0.3 is 10.1 Å². The second kappa shape index (κ2) is 8.22. The van der Waals surface area contributed by atoms with Crippen LogP contribution < -0.4 is 10.1 Å². The lowest BCUT2D eigenvalue weighted by atomic mass is 10.0. The maximum absolute atomic E-state index is 13.1. The van der Waals surface area contributed by atoms with Gasteiger partial charge in [0.15, 0.2) is 5.69 Å². The summed E-state index contributed by atoms with van der Waals surface area (Å²) in [7, 11) is 2.93. The highest BCUT2D eigenvalue weighted by Crippen LogP contribution is 2.32. The van der Waals surface area contributed by atoms with Crippen molar-refractivity contribution < 1.29 is 22.7 Å². The number of hydrogen-bond acceptors (Lipinski definition) is 4. The average Bonchev–Trinajstić information content (AvgIpc) is 3.31. The molecule has 3 rings (SSSR count). The van der Waals surface area contributed by atoms with Gasteiger partial charge in [-0.25, -0.2) is 0 Å². The Morgan fingerprint density at radius 2 is 1.96 bits per heavy atom. The third kappa shape index (κ3) is 4.30. The zero-order valence-electron chi connectivity index (χ0n) is 15.8. The van der Waals surface area contributed by atoms with Crippen LogP contribution in [0.2, 0.25) is 0 Å². The van der Waals surface area contributed by atoms with E-state index in [4.69, 9.17) is 4.74 Å². The van der Waals surface area contributed by atoms with Crippen molar-refractivity contribution in [2.45, 2.75) is 25.1 Å². The molecule has 1 atom stereocenters. The fourth-order valence-electron chi connectivity index (χ4n) is 3.58. The number of para-hydroxylation sites is 1. The molecule has 1 aliphatic rings. The van der Waals surface area contributed by atoms with Crippen LogP contribution in [0.25, 0.3) is 0 Å². The number of benzene rings is 1. The highest BCUT2D eigenvalue weighted by Gasteiger charge is 2.39. The first-order valence-electron chi connectivity index (χ1n) is 9.07. The Balaban J connectivity index is 1.82. The number of aromatic nitrogens is 2. The second-order valence-electron chi connectivity index (χ2n) is 6.77. The number of nitrogens with one attached hydrogen (secondary N) is 1. The maximum Gasteiger partial charge on any atom is 0.435 e. The lowest BCUT2D eigenvalue weighted by molar-refractivity contribution is -0.141. The summed E-state index contributed by atoms with van der Waals surface area (Å²) in [4.78, 5) is 14.7. The average molecular weight is 396 g/mol. The molecular weight excluding hydrogens is 373 g/mol. The number of nitrogens with zero attached hydrogens (tertiary/aromatic N) is 3. The summed E-state index contributed by atoms with van der Waals surface area (Å²) >= 11 is 0. The van der Waals surface area contributed by atoms with Crippen LogP contribution in [0.15, 0.2) is 30.5 Å². The van der Waals surface area contributed by atoms with Crippen molar-refractivity contribution in [2.24, 2.45) is 7.05 Å². The van der Waals surface area contributed by atoms with Gasteiger partial charge in [0.25, 0.3) is 5.91 Å². The molecule has 1 fully saturated rings. The van der Waals surface area contributed by atoms with Crippen molar-refractivity contribution in [3.63, 3.8) is 0 Å². The summed E-state index contributed by atoms with van der Waals surface area (Å²) in [5.41, 5.74) is -0.757. The predicted octanol–water partition coefficient (Wildman–Crippen LogP) is 3.01. The number of rotatable bonds is 6. The summed E-state index contributed by atoms with van der Waals surface area (Å²) < 4.78 is 45.9. The summed E-state index contributed by atoms with van der Waals surface area (Å²) in [6, 6.07) is 7.30. The second-order valence-corrected chi connectivity index (χ2v) is 6.77. The summed E-state index contributed by atoms with van der Waals surface area (Å²) in [6.07, 6.45) is -1.52. The number of alkyl halides is 3. The van der Waals surface area contributed by atoms with Gasteiger partial charge in [-0.3, -0.25) is 14.4 Å². The van der Waals surface area contributed by atoms with Crippen molar-refractivity contribution in [2.75, 3.05) is 26.7 Å². The van der Waals surface area contributed by atoms with E-state index in [9.17, 15) is 18.0 Å². The summed E-state index contributed by atoms with van der Waals surface area (Å²) in [5, 5.41) is 6.06. The lowest BCUT2D eigenvalue weighted by Crippen LogP contribution is -2.37. The number of ether oxygens (including phenoxy) is 1. The van der Waals surface area contributed by atoms with Gasteiger partial charge in [0.2, 0.25) is 0 Å². The number of halogens is 3. The van der Waals surface area contributed by atoms with Crippen LogP contribution in [0.5, 0.6) is 5.75 Å². The van der Waals surface area contributed by atoms with Crippen molar-refractivity contribution in [3.05, 3.63) is 47.3 Å². The number of carbonyl (C=O) groups is 1. The van der Waals surface area contributed by atoms with E-state index >= 15 is 0 Å². The van der Waals surface area contributed by atoms with E-state index in [1.54, 1.807) is 7.11 Å². The molecular formula is C19H23F3N4O2. The van der Waals surface area contributed by atoms with Gasteiger partial charge in [0.05, 0.1) is 18.7 Å². The first-order valence-corrected chi connectivity index (χ1v) is 9.07. The summed E-state index contributed by atoms with van der Waals surface area (Å²) in [6.45, 7) is 1.89. The lowest BCUT2D eigenvalue weighted by Gasteiger charge is -2.29. The van der Waals surface area contributed by atoms with Crippen LogP contribution in [0.3, 0.4) is 0 Å². The van der Waals surface area contributed by atoms with Gasteiger partial charge in [-0.15, -0.1) is 0 Å². The van der Waals surface area contributed by atoms with Crippen LogP contribution in [-0.4, -0.2) is 47.3 Å². The van der Waals surface area contributed by atoms with Crippen LogP contribution in [0, 0.1) is 0 Å². The minimum Gasteiger partial charge on any atom is -0.496 e. The van der Waals surface area contributed by atoms with Gasteiger partial charge in [0, 0.05) is 25.4 Å². The first-order chi connectivity index (χ1) is 13.3. The fourth-order valence-corrected chi connectivity index (χ4v) is 3.58. The van der Waals surface area contributed by atoms with E-state index in [0.29, 0.717) is 5.75 Å². The smallest absolute Gasteiger partial charge is 0.435 e. The van der Waals surface area contributed by atoms with E-state index in [1.807, 2.05) is 24.3 Å². The molecule has 0 aliphatic carbocycles. The Morgan fingerprint density at radius 1 is 1.29 bits per heavy atom. The van der Waals surface area contributed by atoms with Gasteiger partial charge in [-0.2, -0.15) is 18.3 Å². The van der Waals surface area contributed by atoms with Crippen LogP contribution in [0.4, 0.5) is 13.2 Å². The standard InChI is InChI=1S/C19H23F3N4O2/c1-25-12-14(17(24-25)19(20,21)22)18(27)23-11-15(26-9-5-6-10-26)13-7-3-4-8-16(13)28-2/h3-4,7-8,12,15H,5-6,9-11H2,1-2H3,(H,23,27). The Kier molecular flexibility index (Phi) is 5.93. The quantitative estimate of drug-likeness (QED) is 0.816. The molecule has 1 aliphatic heterocycles. The molecule has 0 saturated carbocycles. The third-order valence-electron chi connectivity index (χ3n) is 4.88. The highest BCUT2D eigenvalue weighted by molar-refractivity contribution is 5.95. The molecule has 1 unspecified atom stereocenters. The van der Waals surface area contributed by atoms with Crippen LogP contribution >= 0.6 is 0 Å². The number of carbonyl (C=O) groups excluding carboxylic acids is 1. The molecule has 1 saturated heterocycles. The largest absolute Gasteiger partial charge is 0.496 e. The molecule has 152 valence electrons. The Bertz CT molecular complexity index is 829. The number of amides is 1. The van der Waals surface area contributed by atoms with Crippen LogP contribution in [0.1, 0.15) is 40.5 Å². The van der Waals surface area contributed by atoms with Gasteiger partial charge in [-0.1, -0.05) is 18.2 Å². The molecule has 0 bridgehead atoms. The molecule has 0 radical (unpaired) electrons. The summed E-state index contributed by atoms with van der Waals surface area (Å²) in [5.74, 6) is -0.106. The SMILES string of the molecule is COc1ccccc1C(CNC(=O)c1cn(C)nc1C(F)(F)F)N1CCCC1. The van der Waals surface area contributed by atoms with Crippen molar-refractivity contribution in [1.82, 2.24) is 20.0 Å². The Hall–Kier alpha value is -2.55.